The summed E-state index contributed by atoms with van der Waals surface area (Å²) in [7, 11) is 0. The van der Waals surface area contributed by atoms with Gasteiger partial charge in [0.25, 0.3) is 5.91 Å². The van der Waals surface area contributed by atoms with Crippen LogP contribution in [-0.4, -0.2) is 41.6 Å². The Bertz CT molecular complexity index is 1160. The molecule has 1 aromatic heterocycles. The summed E-state index contributed by atoms with van der Waals surface area (Å²) in [6.07, 6.45) is 1.64. The number of carbonyl (C=O) groups is 4. The Kier molecular flexibility index (Phi) is 6.94. The van der Waals surface area contributed by atoms with Crippen LogP contribution in [0.3, 0.4) is 0 Å². The summed E-state index contributed by atoms with van der Waals surface area (Å²) in [5.74, 6) is -0.283. The molecule has 0 saturated heterocycles. The number of hydrogen-bond donors (Lipinski definition) is 6. The lowest BCUT2D eigenvalue weighted by atomic mass is 9.99. The molecule has 1 unspecified atom stereocenters. The van der Waals surface area contributed by atoms with E-state index >= 15 is 0 Å². The van der Waals surface area contributed by atoms with E-state index in [-0.39, 0.29) is 12.5 Å². The fourth-order valence-electron chi connectivity index (χ4n) is 3.58. The number of ether oxygens (including phenoxy) is 1. The summed E-state index contributed by atoms with van der Waals surface area (Å²) in [4.78, 5) is 50.1. The second kappa shape index (κ2) is 9.69. The number of urea groups is 1. The molecule has 0 spiro atoms. The molecule has 1 aromatic carbocycles. The molecule has 2 heterocycles. The van der Waals surface area contributed by atoms with Gasteiger partial charge in [0, 0.05) is 35.4 Å². The molecule has 5 amide bonds. The number of alkyl carbamates (subject to hydrolysis) is 1. The third kappa shape index (κ3) is 5.74. The van der Waals surface area contributed by atoms with Gasteiger partial charge < -0.3 is 36.7 Å². The molecule has 0 aliphatic carbocycles. The van der Waals surface area contributed by atoms with Crippen LogP contribution in [-0.2, 0) is 14.3 Å². The van der Waals surface area contributed by atoms with Gasteiger partial charge in [-0.3, -0.25) is 9.59 Å². The maximum atomic E-state index is 12.7. The van der Waals surface area contributed by atoms with Gasteiger partial charge in [-0.15, -0.1) is 0 Å². The van der Waals surface area contributed by atoms with Crippen LogP contribution < -0.4 is 27.0 Å². The van der Waals surface area contributed by atoms with Gasteiger partial charge in [-0.1, -0.05) is 0 Å². The van der Waals surface area contributed by atoms with Crippen LogP contribution in [0.5, 0.6) is 0 Å². The van der Waals surface area contributed by atoms with E-state index in [4.69, 9.17) is 10.5 Å². The molecule has 0 fully saturated rings. The number of aromatic amines is 1. The Labute approximate surface area is 196 Å². The lowest BCUT2D eigenvalue weighted by Gasteiger charge is -2.21. The fraction of sp³-hybridized carbons (Fsp3) is 0.304. The van der Waals surface area contributed by atoms with Crippen molar-refractivity contribution in [2.24, 2.45) is 5.73 Å². The molecule has 0 saturated carbocycles. The van der Waals surface area contributed by atoms with Crippen LogP contribution >= 0.6 is 0 Å². The van der Waals surface area contributed by atoms with Gasteiger partial charge in [-0.05, 0) is 63.1 Å². The predicted octanol–water partition coefficient (Wildman–Crippen LogP) is 2.70. The maximum absolute atomic E-state index is 12.7. The van der Waals surface area contributed by atoms with Crippen molar-refractivity contribution in [1.82, 2.24) is 15.6 Å². The van der Waals surface area contributed by atoms with E-state index in [0.29, 0.717) is 45.8 Å². The van der Waals surface area contributed by atoms with Crippen molar-refractivity contribution < 1.29 is 23.9 Å². The highest BCUT2D eigenvalue weighted by Gasteiger charge is 2.28. The molecule has 3 rings (SSSR count). The minimum Gasteiger partial charge on any atom is -0.444 e. The molecular weight excluding hydrogens is 440 g/mol. The number of allylic oxidation sites excluding steroid dienone is 1. The molecule has 11 nitrogen and oxygen atoms in total. The van der Waals surface area contributed by atoms with Crippen LogP contribution in [0.25, 0.3) is 11.1 Å². The first-order valence-electron chi connectivity index (χ1n) is 10.6. The number of carbonyl (C=O) groups excluding carboxylic acids is 4. The average molecular weight is 469 g/mol. The first kappa shape index (κ1) is 24.4. The van der Waals surface area contributed by atoms with Crippen molar-refractivity contribution in [2.75, 3.05) is 17.2 Å². The number of amides is 5. The molecule has 2 aromatic rings. The van der Waals surface area contributed by atoms with Crippen LogP contribution in [0, 0.1) is 0 Å². The van der Waals surface area contributed by atoms with Gasteiger partial charge in [0.1, 0.15) is 5.60 Å². The smallest absolute Gasteiger partial charge is 0.407 e. The molecule has 0 bridgehead atoms. The number of nitrogens with two attached hydrogens (primary N) is 1. The number of hydrogen-bond acceptors (Lipinski definition) is 5. The normalized spacial score (nSPS) is 15.0. The number of nitrogens with one attached hydrogen (secondary N) is 5. The van der Waals surface area contributed by atoms with E-state index in [1.54, 1.807) is 58.2 Å². The summed E-state index contributed by atoms with van der Waals surface area (Å²) >= 11 is 0. The summed E-state index contributed by atoms with van der Waals surface area (Å²) in [6.45, 7) is 7.16. The maximum Gasteiger partial charge on any atom is 0.407 e. The number of aromatic nitrogens is 1. The molecule has 1 aliphatic heterocycles. The number of benzene rings is 1. The zero-order chi connectivity index (χ0) is 25.0. The van der Waals surface area contributed by atoms with E-state index in [1.807, 2.05) is 0 Å². The van der Waals surface area contributed by atoms with Gasteiger partial charge in [-0.2, -0.15) is 0 Å². The van der Waals surface area contributed by atoms with E-state index in [9.17, 15) is 19.2 Å². The van der Waals surface area contributed by atoms with Crippen LogP contribution in [0.1, 0.15) is 50.6 Å². The first-order chi connectivity index (χ1) is 16.0. The SMILES string of the molecule is CC(=C1C(=O)Nc2ccc(NC(N)=O)cc21)c1cc(C(CNC(=O)OC(C)(C)C)NC=O)c[nH]1. The van der Waals surface area contributed by atoms with Crippen molar-refractivity contribution in [3.63, 3.8) is 0 Å². The van der Waals surface area contributed by atoms with Crippen molar-refractivity contribution >= 4 is 47.0 Å². The van der Waals surface area contributed by atoms with Crippen LogP contribution in [0.4, 0.5) is 21.0 Å². The first-order valence-corrected chi connectivity index (χ1v) is 10.6. The average Bonchev–Trinajstić information content (AvgIpc) is 3.33. The van der Waals surface area contributed by atoms with Gasteiger partial charge >= 0.3 is 12.1 Å². The lowest BCUT2D eigenvalue weighted by Crippen LogP contribution is -2.37. The monoisotopic (exact) mass is 468 g/mol. The van der Waals surface area contributed by atoms with Gasteiger partial charge in [0.15, 0.2) is 0 Å². The van der Waals surface area contributed by atoms with E-state index in [2.05, 4.69) is 26.3 Å². The lowest BCUT2D eigenvalue weighted by molar-refractivity contribution is -0.111. The Hall–Kier alpha value is -4.28. The van der Waals surface area contributed by atoms with Crippen LogP contribution in [0.2, 0.25) is 0 Å². The second-order valence-electron chi connectivity index (χ2n) is 8.77. The highest BCUT2D eigenvalue weighted by molar-refractivity contribution is 6.36. The van der Waals surface area contributed by atoms with E-state index < -0.39 is 23.8 Å². The minimum atomic E-state index is -0.706. The Balaban J connectivity index is 1.85. The highest BCUT2D eigenvalue weighted by atomic mass is 16.6. The van der Waals surface area contributed by atoms with Gasteiger partial charge in [0.2, 0.25) is 6.41 Å². The van der Waals surface area contributed by atoms with Gasteiger partial charge in [-0.25, -0.2) is 9.59 Å². The highest BCUT2D eigenvalue weighted by Crippen LogP contribution is 2.38. The largest absolute Gasteiger partial charge is 0.444 e. The summed E-state index contributed by atoms with van der Waals surface area (Å²) in [5, 5.41) is 10.6. The molecule has 11 heteroatoms. The Morgan fingerprint density at radius 2 is 1.97 bits per heavy atom. The van der Waals surface area contributed by atoms with Crippen molar-refractivity contribution in [3.8, 4) is 0 Å². The molecule has 34 heavy (non-hydrogen) atoms. The Morgan fingerprint density at radius 3 is 2.62 bits per heavy atom. The number of fused-ring (bicyclic) bond motifs is 1. The Morgan fingerprint density at radius 1 is 1.24 bits per heavy atom. The third-order valence-corrected chi connectivity index (χ3v) is 5.04. The number of rotatable bonds is 7. The molecular formula is C23H28N6O5. The number of anilines is 2. The van der Waals surface area contributed by atoms with E-state index in [1.165, 1.54) is 0 Å². The quantitative estimate of drug-likeness (QED) is 0.271. The standard InChI is InChI=1S/C23H28N6O5/c1-12(19-15-8-14(28-21(24)32)5-6-16(15)29-20(19)31)17-7-13(9-25-17)18(27-11-30)10-26-22(33)34-23(2,3)4/h5-9,11,18,25H,10H2,1-4H3,(H,26,33)(H,27,30)(H,29,31)(H3,24,28,32). The fourth-order valence-corrected chi connectivity index (χ4v) is 3.58. The zero-order valence-electron chi connectivity index (χ0n) is 19.4. The predicted molar refractivity (Wildman–Crippen MR) is 128 cm³/mol. The molecule has 7 N–H and O–H groups in total. The van der Waals surface area contributed by atoms with Crippen molar-refractivity contribution in [1.29, 1.82) is 0 Å². The summed E-state index contributed by atoms with van der Waals surface area (Å²) in [6, 6.07) is 5.55. The number of primary amides is 1. The van der Waals surface area contributed by atoms with Gasteiger partial charge in [0.05, 0.1) is 11.6 Å². The third-order valence-electron chi connectivity index (χ3n) is 5.04. The molecule has 1 atom stereocenters. The van der Waals surface area contributed by atoms with Crippen molar-refractivity contribution in [3.05, 3.63) is 47.3 Å². The van der Waals surface area contributed by atoms with E-state index in [0.717, 1.165) is 0 Å². The minimum absolute atomic E-state index is 0.103. The topological polar surface area (TPSA) is 167 Å². The van der Waals surface area contributed by atoms with Crippen molar-refractivity contribution in [2.45, 2.75) is 39.3 Å². The summed E-state index contributed by atoms with van der Waals surface area (Å²) < 4.78 is 5.23. The molecule has 1 aliphatic rings. The second-order valence-corrected chi connectivity index (χ2v) is 8.77. The van der Waals surface area contributed by atoms with Crippen LogP contribution in [0.15, 0.2) is 30.5 Å². The molecule has 180 valence electrons. The zero-order valence-corrected chi connectivity index (χ0v) is 19.4. The number of H-pyrrole nitrogens is 1. The summed E-state index contributed by atoms with van der Waals surface area (Å²) in [5.41, 5.74) is 8.69. The molecule has 0 radical (unpaired) electrons.